The van der Waals surface area contributed by atoms with Crippen molar-refractivity contribution in [2.45, 2.75) is 35.1 Å². The molecule has 9 heteroatoms. The van der Waals surface area contributed by atoms with Crippen LogP contribution in [0, 0.1) is 5.82 Å². The van der Waals surface area contributed by atoms with E-state index in [4.69, 9.17) is 4.74 Å². The first-order valence-electron chi connectivity index (χ1n) is 9.81. The van der Waals surface area contributed by atoms with Gasteiger partial charge in [0.2, 0.25) is 10.0 Å². The van der Waals surface area contributed by atoms with E-state index in [0.717, 1.165) is 29.1 Å². The van der Waals surface area contributed by atoms with E-state index in [-0.39, 0.29) is 28.1 Å². The minimum atomic E-state index is -3.75. The molecule has 1 atom stereocenters. The third-order valence-corrected chi connectivity index (χ3v) is 8.47. The lowest BCUT2D eigenvalue weighted by atomic mass is 10.0. The third-order valence-electron chi connectivity index (χ3n) is 5.43. The van der Waals surface area contributed by atoms with Crippen LogP contribution in [0.2, 0.25) is 0 Å². The summed E-state index contributed by atoms with van der Waals surface area (Å²) in [6.07, 6.45) is 2.30. The van der Waals surface area contributed by atoms with Gasteiger partial charge >= 0.3 is 0 Å². The van der Waals surface area contributed by atoms with Crippen LogP contribution in [0.1, 0.15) is 41.2 Å². The van der Waals surface area contributed by atoms with Crippen molar-refractivity contribution in [3.8, 4) is 5.75 Å². The van der Waals surface area contributed by atoms with Crippen molar-refractivity contribution in [1.29, 1.82) is 0 Å². The summed E-state index contributed by atoms with van der Waals surface area (Å²) in [4.78, 5) is 13.9. The molecule has 2 aromatic rings. The number of methoxy groups -OCH3 is 1. The molecule has 1 N–H and O–H groups in total. The Bertz CT molecular complexity index is 1070. The number of nitrogens with one attached hydrogen (secondary N) is 1. The Labute approximate surface area is 179 Å². The summed E-state index contributed by atoms with van der Waals surface area (Å²) in [7, 11) is -2.34. The first-order chi connectivity index (χ1) is 14.4. The highest BCUT2D eigenvalue weighted by Gasteiger charge is 2.31. The molecule has 1 amide bonds. The van der Waals surface area contributed by atoms with Gasteiger partial charge in [-0.2, -0.15) is 4.31 Å². The maximum absolute atomic E-state index is 13.7. The fraction of sp³-hybridized carbons (Fsp3) is 0.381. The molecule has 0 unspecified atom stereocenters. The molecule has 0 aliphatic carbocycles. The van der Waals surface area contributed by atoms with Crippen LogP contribution in [-0.2, 0) is 10.0 Å². The Morgan fingerprint density at radius 3 is 2.70 bits per heavy atom. The predicted octanol–water partition coefficient (Wildman–Crippen LogP) is 3.59. The maximum atomic E-state index is 13.7. The first-order valence-corrected chi connectivity index (χ1v) is 12.2. The molecule has 0 bridgehead atoms. The summed E-state index contributed by atoms with van der Waals surface area (Å²) in [5, 5.41) is 2.94. The van der Waals surface area contributed by atoms with Gasteiger partial charge in [-0.3, -0.25) is 4.79 Å². The SMILES string of the molecule is COc1ccc(C(=O)N[C@H]2CCSc3ccc(F)cc32)cc1S(=O)(=O)N1CCCC1. The number of nitrogens with zero attached hydrogens (tertiary/aromatic N) is 1. The molecule has 1 fully saturated rings. The molecule has 160 valence electrons. The van der Waals surface area contributed by atoms with Gasteiger partial charge < -0.3 is 10.1 Å². The van der Waals surface area contributed by atoms with Crippen LogP contribution < -0.4 is 10.1 Å². The van der Waals surface area contributed by atoms with E-state index in [1.165, 1.54) is 35.7 Å². The third kappa shape index (κ3) is 4.06. The number of thioether (sulfide) groups is 1. The summed E-state index contributed by atoms with van der Waals surface area (Å²) < 4.78 is 46.5. The number of rotatable bonds is 5. The van der Waals surface area contributed by atoms with Crippen LogP contribution in [-0.4, -0.2) is 44.6 Å². The van der Waals surface area contributed by atoms with E-state index in [1.54, 1.807) is 23.9 Å². The average Bonchev–Trinajstić information content (AvgIpc) is 3.29. The second kappa shape index (κ2) is 8.56. The van der Waals surface area contributed by atoms with Crippen molar-refractivity contribution in [2.75, 3.05) is 26.0 Å². The van der Waals surface area contributed by atoms with Gasteiger partial charge in [-0.1, -0.05) is 0 Å². The van der Waals surface area contributed by atoms with Crippen LogP contribution in [0.25, 0.3) is 0 Å². The molecule has 2 aliphatic rings. The highest BCUT2D eigenvalue weighted by molar-refractivity contribution is 7.99. The second-order valence-electron chi connectivity index (χ2n) is 7.32. The Balaban J connectivity index is 1.62. The van der Waals surface area contributed by atoms with E-state index >= 15 is 0 Å². The lowest BCUT2D eigenvalue weighted by molar-refractivity contribution is 0.0934. The standard InChI is InChI=1S/C21H23FN2O4S2/c1-28-18-6-4-14(12-20(18)30(26,27)24-9-2-3-10-24)21(25)23-17-8-11-29-19-7-5-15(22)13-16(17)19/h4-7,12-13,17H,2-3,8-11H2,1H3,(H,23,25)/t17-/m0/s1. The van der Waals surface area contributed by atoms with Crippen LogP contribution in [0.15, 0.2) is 46.2 Å². The Hall–Kier alpha value is -2.10. The molecule has 1 saturated heterocycles. The van der Waals surface area contributed by atoms with Crippen molar-refractivity contribution in [3.63, 3.8) is 0 Å². The van der Waals surface area contributed by atoms with E-state index < -0.39 is 15.9 Å². The zero-order valence-electron chi connectivity index (χ0n) is 16.6. The minimum Gasteiger partial charge on any atom is -0.495 e. The highest BCUT2D eigenvalue weighted by Crippen LogP contribution is 2.37. The zero-order valence-corrected chi connectivity index (χ0v) is 18.2. The number of carbonyl (C=O) groups excluding carboxylic acids is 1. The van der Waals surface area contributed by atoms with Gasteiger partial charge in [0.05, 0.1) is 13.2 Å². The average molecular weight is 451 g/mol. The smallest absolute Gasteiger partial charge is 0.251 e. The largest absolute Gasteiger partial charge is 0.495 e. The molecular weight excluding hydrogens is 427 g/mol. The number of sulfonamides is 1. The summed E-state index contributed by atoms with van der Waals surface area (Å²) in [6.45, 7) is 0.925. The molecule has 2 aliphatic heterocycles. The van der Waals surface area contributed by atoms with E-state index in [9.17, 15) is 17.6 Å². The van der Waals surface area contributed by atoms with Gasteiger partial charge in [-0.15, -0.1) is 11.8 Å². The van der Waals surface area contributed by atoms with Crippen molar-refractivity contribution >= 4 is 27.7 Å². The molecule has 0 aromatic heterocycles. The normalized spacial score (nSPS) is 19.3. The number of hydrogen-bond acceptors (Lipinski definition) is 5. The molecule has 0 radical (unpaired) electrons. The quantitative estimate of drug-likeness (QED) is 0.754. The number of hydrogen-bond donors (Lipinski definition) is 1. The maximum Gasteiger partial charge on any atom is 0.251 e. The molecule has 30 heavy (non-hydrogen) atoms. The molecule has 4 rings (SSSR count). The summed E-state index contributed by atoms with van der Waals surface area (Å²) in [6, 6.07) is 8.67. The van der Waals surface area contributed by atoms with E-state index in [1.807, 2.05) is 0 Å². The first kappa shape index (κ1) is 21.1. The van der Waals surface area contributed by atoms with E-state index in [2.05, 4.69) is 5.32 Å². The number of carbonyl (C=O) groups is 1. The molecule has 0 saturated carbocycles. The van der Waals surface area contributed by atoms with Crippen LogP contribution in [0.3, 0.4) is 0 Å². The fourth-order valence-electron chi connectivity index (χ4n) is 3.84. The number of halogens is 1. The lowest BCUT2D eigenvalue weighted by Crippen LogP contribution is -2.31. The predicted molar refractivity (Wildman–Crippen MR) is 113 cm³/mol. The Kier molecular flexibility index (Phi) is 6.04. The number of ether oxygens (including phenoxy) is 1. The van der Waals surface area contributed by atoms with Crippen molar-refractivity contribution in [1.82, 2.24) is 9.62 Å². The fourth-order valence-corrected chi connectivity index (χ4v) is 6.65. The molecule has 6 nitrogen and oxygen atoms in total. The number of amides is 1. The molecule has 0 spiro atoms. The molecule has 2 aromatic carbocycles. The van der Waals surface area contributed by atoms with Gasteiger partial charge in [0.1, 0.15) is 16.5 Å². The van der Waals surface area contributed by atoms with Gasteiger partial charge in [0.25, 0.3) is 5.91 Å². The van der Waals surface area contributed by atoms with Crippen molar-refractivity contribution in [2.24, 2.45) is 0 Å². The van der Waals surface area contributed by atoms with Crippen LogP contribution >= 0.6 is 11.8 Å². The monoisotopic (exact) mass is 450 g/mol. The van der Waals surface area contributed by atoms with Crippen molar-refractivity contribution < 1.29 is 22.3 Å². The van der Waals surface area contributed by atoms with Gasteiger partial charge in [-0.05, 0) is 61.2 Å². The Morgan fingerprint density at radius 1 is 1.20 bits per heavy atom. The zero-order chi connectivity index (χ0) is 21.3. The summed E-state index contributed by atoms with van der Waals surface area (Å²) in [5.41, 5.74) is 0.975. The number of benzene rings is 2. The lowest BCUT2D eigenvalue weighted by Gasteiger charge is -2.26. The molecular formula is C21H23FN2O4S2. The topological polar surface area (TPSA) is 75.7 Å². The van der Waals surface area contributed by atoms with Crippen molar-refractivity contribution in [3.05, 3.63) is 53.3 Å². The Morgan fingerprint density at radius 2 is 1.97 bits per heavy atom. The minimum absolute atomic E-state index is 0.00908. The van der Waals surface area contributed by atoms with Gasteiger partial charge in [0.15, 0.2) is 0 Å². The van der Waals surface area contributed by atoms with E-state index in [0.29, 0.717) is 19.5 Å². The molecule has 2 heterocycles. The van der Waals surface area contributed by atoms with Crippen LogP contribution in [0.4, 0.5) is 4.39 Å². The highest BCUT2D eigenvalue weighted by atomic mass is 32.2. The van der Waals surface area contributed by atoms with Gasteiger partial charge in [-0.25, -0.2) is 12.8 Å². The second-order valence-corrected chi connectivity index (χ2v) is 10.4. The van der Waals surface area contributed by atoms with Gasteiger partial charge in [0, 0.05) is 29.3 Å². The van der Waals surface area contributed by atoms with Crippen LogP contribution in [0.5, 0.6) is 5.75 Å². The number of fused-ring (bicyclic) bond motifs is 1. The summed E-state index contributed by atoms with van der Waals surface area (Å²) in [5.74, 6) is 0.266. The summed E-state index contributed by atoms with van der Waals surface area (Å²) >= 11 is 1.63.